The molecule has 0 bridgehead atoms. The number of carboxylic acid groups (broad SMARTS) is 1. The highest BCUT2D eigenvalue weighted by atomic mass is 19.3. The van der Waals surface area contributed by atoms with Crippen LogP contribution in [0.15, 0.2) is 0 Å². The van der Waals surface area contributed by atoms with Gasteiger partial charge in [-0.05, 0) is 0 Å². The third kappa shape index (κ3) is 1.45. The zero-order valence-corrected chi connectivity index (χ0v) is 6.82. The molecule has 1 unspecified atom stereocenters. The number of alkyl halides is 6. The number of aliphatic carboxylic acids is 1. The van der Waals surface area contributed by atoms with Crippen molar-refractivity contribution in [2.75, 3.05) is 6.61 Å². The summed E-state index contributed by atoms with van der Waals surface area (Å²) in [5.74, 6) is -18.7. The molecule has 15 heavy (non-hydrogen) atoms. The van der Waals surface area contributed by atoms with Crippen molar-refractivity contribution in [2.45, 2.75) is 23.9 Å². The molecule has 0 spiro atoms. The van der Waals surface area contributed by atoms with Crippen molar-refractivity contribution in [3.8, 4) is 0 Å². The Labute approximate surface area is 78.6 Å². The number of carbonyl (C=O) groups is 1. The van der Waals surface area contributed by atoms with Crippen molar-refractivity contribution >= 4 is 5.97 Å². The van der Waals surface area contributed by atoms with Gasteiger partial charge in [0.15, 0.2) is 0 Å². The predicted molar refractivity (Wildman–Crippen MR) is 32.2 cm³/mol. The molecule has 1 N–H and O–H groups in total. The van der Waals surface area contributed by atoms with Crippen LogP contribution in [0.25, 0.3) is 0 Å². The number of carboxylic acids is 1. The van der Waals surface area contributed by atoms with Crippen LogP contribution in [0.3, 0.4) is 0 Å². The van der Waals surface area contributed by atoms with Gasteiger partial charge in [0.05, 0.1) is 0 Å². The van der Waals surface area contributed by atoms with E-state index in [-0.39, 0.29) is 0 Å². The molecule has 1 heterocycles. The molecule has 88 valence electrons. The lowest BCUT2D eigenvalue weighted by Crippen LogP contribution is -2.67. The van der Waals surface area contributed by atoms with Crippen molar-refractivity contribution in [1.29, 1.82) is 0 Å². The summed E-state index contributed by atoms with van der Waals surface area (Å²) in [6.45, 7) is -2.06. The quantitative estimate of drug-likeness (QED) is 0.702. The van der Waals surface area contributed by atoms with Gasteiger partial charge < -0.3 is 9.84 Å². The molecule has 0 saturated carbocycles. The van der Waals surface area contributed by atoms with Crippen LogP contribution >= 0.6 is 0 Å². The average Bonchev–Trinajstić information content (AvgIpc) is 2.00. The van der Waals surface area contributed by atoms with Crippen molar-refractivity contribution in [1.82, 2.24) is 0 Å². The van der Waals surface area contributed by atoms with Gasteiger partial charge in [-0.3, -0.25) is 0 Å². The van der Waals surface area contributed by atoms with Crippen molar-refractivity contribution < 1.29 is 41.0 Å². The molecule has 0 aromatic rings. The van der Waals surface area contributed by atoms with E-state index in [1.165, 1.54) is 0 Å². The topological polar surface area (TPSA) is 46.5 Å². The largest absolute Gasteiger partial charge is 0.479 e. The first kappa shape index (κ1) is 12.1. The van der Waals surface area contributed by atoms with Gasteiger partial charge in [-0.2, -0.15) is 26.3 Å². The second-order valence-electron chi connectivity index (χ2n) is 2.93. The Morgan fingerprint density at radius 1 is 1.20 bits per heavy atom. The van der Waals surface area contributed by atoms with Crippen LogP contribution in [0, 0.1) is 0 Å². The maximum absolute atomic E-state index is 12.7. The number of ether oxygens (including phenoxy) is 1. The Morgan fingerprint density at radius 2 is 1.67 bits per heavy atom. The van der Waals surface area contributed by atoms with Crippen LogP contribution in [-0.4, -0.2) is 41.6 Å². The van der Waals surface area contributed by atoms with E-state index >= 15 is 0 Å². The Kier molecular flexibility index (Phi) is 2.42. The summed E-state index contributed by atoms with van der Waals surface area (Å²) in [4.78, 5) is 10.1. The predicted octanol–water partition coefficient (Wildman–Crippen LogP) is 1.38. The molecule has 3 nitrogen and oxygen atoms in total. The van der Waals surface area contributed by atoms with Gasteiger partial charge >= 0.3 is 23.7 Å². The number of halogens is 6. The zero-order chi connectivity index (χ0) is 12.1. The first-order chi connectivity index (χ1) is 6.54. The van der Waals surface area contributed by atoms with Crippen molar-refractivity contribution in [3.63, 3.8) is 0 Å². The lowest BCUT2D eigenvalue weighted by atomic mass is 9.97. The fourth-order valence-electron chi connectivity index (χ4n) is 1.02. The molecule has 0 amide bonds. The molecule has 1 saturated heterocycles. The molecule has 1 fully saturated rings. The molecule has 9 heteroatoms. The average molecular weight is 238 g/mol. The van der Waals surface area contributed by atoms with E-state index in [0.717, 1.165) is 0 Å². The van der Waals surface area contributed by atoms with Gasteiger partial charge in [-0.25, -0.2) is 4.79 Å². The maximum Gasteiger partial charge on any atom is 0.377 e. The summed E-state index contributed by atoms with van der Waals surface area (Å²) < 4.78 is 78.6. The van der Waals surface area contributed by atoms with Gasteiger partial charge in [-0.1, -0.05) is 0 Å². The number of hydrogen-bond donors (Lipinski definition) is 1. The maximum atomic E-state index is 12.7. The lowest BCUT2D eigenvalue weighted by Gasteiger charge is -2.39. The normalized spacial score (nSPS) is 32.3. The van der Waals surface area contributed by atoms with Crippen LogP contribution in [0.1, 0.15) is 0 Å². The third-order valence-electron chi connectivity index (χ3n) is 1.86. The second-order valence-corrected chi connectivity index (χ2v) is 2.93. The molecule has 0 aromatic heterocycles. The molecule has 1 atom stereocenters. The molecule has 1 aliphatic heterocycles. The highest BCUT2D eigenvalue weighted by molar-refractivity contribution is 5.74. The highest BCUT2D eigenvalue weighted by Gasteiger charge is 2.79. The summed E-state index contributed by atoms with van der Waals surface area (Å²) in [7, 11) is 0. The van der Waals surface area contributed by atoms with E-state index in [0.29, 0.717) is 0 Å². The Balaban J connectivity index is 3.15. The molecule has 0 aromatic carbocycles. The molecular formula is C6H4F6O3. The van der Waals surface area contributed by atoms with Gasteiger partial charge in [0.2, 0.25) is 6.10 Å². The molecule has 0 aliphatic carbocycles. The van der Waals surface area contributed by atoms with Crippen molar-refractivity contribution in [2.24, 2.45) is 0 Å². The summed E-state index contributed by atoms with van der Waals surface area (Å²) in [5.41, 5.74) is 0. The van der Waals surface area contributed by atoms with Crippen LogP contribution in [0.2, 0.25) is 0 Å². The van der Waals surface area contributed by atoms with Crippen LogP contribution < -0.4 is 0 Å². The van der Waals surface area contributed by atoms with Gasteiger partial charge in [0.25, 0.3) is 0 Å². The number of rotatable bonds is 1. The molecule has 1 rings (SSSR count). The third-order valence-corrected chi connectivity index (χ3v) is 1.86. The minimum absolute atomic E-state index is 2.06. The van der Waals surface area contributed by atoms with E-state index in [1.54, 1.807) is 0 Å². The smallest absolute Gasteiger partial charge is 0.377 e. The van der Waals surface area contributed by atoms with Gasteiger partial charge in [0, 0.05) is 0 Å². The summed E-state index contributed by atoms with van der Waals surface area (Å²) in [6.07, 6.45) is -3.27. The first-order valence-electron chi connectivity index (χ1n) is 3.52. The first-order valence-corrected chi connectivity index (χ1v) is 3.52. The van der Waals surface area contributed by atoms with Crippen LogP contribution in [0.4, 0.5) is 26.3 Å². The fraction of sp³-hybridized carbons (Fsp3) is 0.833. The molecule has 1 aliphatic rings. The van der Waals surface area contributed by atoms with E-state index in [2.05, 4.69) is 4.74 Å². The second kappa shape index (κ2) is 3.00. The van der Waals surface area contributed by atoms with E-state index in [9.17, 15) is 31.1 Å². The highest BCUT2D eigenvalue weighted by Crippen LogP contribution is 2.51. The van der Waals surface area contributed by atoms with Crippen LogP contribution in [0.5, 0.6) is 0 Å². The summed E-state index contributed by atoms with van der Waals surface area (Å²) in [6, 6.07) is 0. The SMILES string of the molecule is O=C(O)C1OCC(F)(F)C(F)(F)C1(F)F. The Bertz CT molecular complexity index is 289. The minimum atomic E-state index is -5.75. The van der Waals surface area contributed by atoms with E-state index in [4.69, 9.17) is 5.11 Å². The Morgan fingerprint density at radius 3 is 2.07 bits per heavy atom. The van der Waals surface area contributed by atoms with E-state index < -0.39 is 36.4 Å². The number of hydrogen-bond acceptors (Lipinski definition) is 2. The van der Waals surface area contributed by atoms with Gasteiger partial charge in [0.1, 0.15) is 6.61 Å². The molecule has 0 radical (unpaired) electrons. The monoisotopic (exact) mass is 238 g/mol. The molecular weight excluding hydrogens is 234 g/mol. The Hall–Kier alpha value is -0.990. The van der Waals surface area contributed by atoms with Crippen LogP contribution in [-0.2, 0) is 9.53 Å². The fourth-order valence-corrected chi connectivity index (χ4v) is 1.02. The summed E-state index contributed by atoms with van der Waals surface area (Å²) >= 11 is 0. The standard InChI is InChI=1S/C6H4F6O3/c7-4(8)1-15-2(3(13)14)5(9,10)6(4,11)12/h2H,1H2,(H,13,14). The lowest BCUT2D eigenvalue weighted by molar-refractivity contribution is -0.377. The minimum Gasteiger partial charge on any atom is -0.479 e. The van der Waals surface area contributed by atoms with Gasteiger partial charge in [-0.15, -0.1) is 0 Å². The van der Waals surface area contributed by atoms with Crippen molar-refractivity contribution in [3.05, 3.63) is 0 Å². The van der Waals surface area contributed by atoms with E-state index in [1.807, 2.05) is 0 Å². The summed E-state index contributed by atoms with van der Waals surface area (Å²) in [5, 5.41) is 8.09. The zero-order valence-electron chi connectivity index (χ0n) is 6.82.